The standard InChI is InChI=1S/C25H25NO4/c1-14-12-17(22(27)28)13-15(2)21(14)26-19-11-10-16-8-6-7-9-18(16)20(19)24(3,4)25(26,5)23(29)30/h6-13H,1-5H3,(H,27,28)(H,29,30). The van der Waals surface area contributed by atoms with E-state index in [2.05, 4.69) is 0 Å². The van der Waals surface area contributed by atoms with Gasteiger partial charge in [0.25, 0.3) is 0 Å². The second-order valence-electron chi connectivity index (χ2n) is 8.78. The molecule has 1 heterocycles. The van der Waals surface area contributed by atoms with Crippen molar-refractivity contribution in [3.05, 3.63) is 70.8 Å². The van der Waals surface area contributed by atoms with Gasteiger partial charge in [0.15, 0.2) is 0 Å². The topological polar surface area (TPSA) is 77.8 Å². The summed E-state index contributed by atoms with van der Waals surface area (Å²) in [6.07, 6.45) is 0. The van der Waals surface area contributed by atoms with E-state index in [0.717, 1.165) is 38.8 Å². The van der Waals surface area contributed by atoms with Gasteiger partial charge in [-0.05, 0) is 66.4 Å². The second-order valence-corrected chi connectivity index (χ2v) is 8.78. The SMILES string of the molecule is Cc1cc(C(=O)O)cc(C)c1N1c2ccc3ccccc3c2C(C)(C)C1(C)C(=O)O. The highest BCUT2D eigenvalue weighted by atomic mass is 16.4. The van der Waals surface area contributed by atoms with Gasteiger partial charge >= 0.3 is 11.9 Å². The molecule has 1 atom stereocenters. The largest absolute Gasteiger partial charge is 0.479 e. The van der Waals surface area contributed by atoms with Crippen molar-refractivity contribution in [3.8, 4) is 0 Å². The van der Waals surface area contributed by atoms with Crippen molar-refractivity contribution in [2.24, 2.45) is 0 Å². The first kappa shape index (κ1) is 20.0. The maximum atomic E-state index is 12.8. The van der Waals surface area contributed by atoms with E-state index in [1.807, 2.05) is 69.0 Å². The lowest BCUT2D eigenvalue weighted by atomic mass is 9.70. The molecule has 5 heteroatoms. The summed E-state index contributed by atoms with van der Waals surface area (Å²) < 4.78 is 0. The van der Waals surface area contributed by atoms with Crippen molar-refractivity contribution < 1.29 is 19.8 Å². The van der Waals surface area contributed by atoms with Gasteiger partial charge in [0, 0.05) is 16.8 Å². The highest BCUT2D eigenvalue weighted by Crippen LogP contribution is 2.57. The first-order valence-corrected chi connectivity index (χ1v) is 9.92. The van der Waals surface area contributed by atoms with Gasteiger partial charge in [-0.2, -0.15) is 0 Å². The normalized spacial score (nSPS) is 19.7. The average Bonchev–Trinajstić information content (AvgIpc) is 2.86. The third kappa shape index (κ3) is 2.41. The van der Waals surface area contributed by atoms with Crippen LogP contribution in [-0.2, 0) is 10.2 Å². The van der Waals surface area contributed by atoms with Gasteiger partial charge in [0.2, 0.25) is 0 Å². The average molecular weight is 403 g/mol. The van der Waals surface area contributed by atoms with Crippen LogP contribution < -0.4 is 4.90 Å². The molecule has 1 aliphatic rings. The maximum Gasteiger partial charge on any atom is 0.335 e. The number of anilines is 2. The number of nitrogens with zero attached hydrogens (tertiary/aromatic N) is 1. The zero-order valence-corrected chi connectivity index (χ0v) is 17.8. The van der Waals surface area contributed by atoms with Crippen molar-refractivity contribution in [1.82, 2.24) is 0 Å². The monoisotopic (exact) mass is 403 g/mol. The molecule has 0 amide bonds. The molecule has 3 aromatic carbocycles. The van der Waals surface area contributed by atoms with Crippen LogP contribution >= 0.6 is 0 Å². The lowest BCUT2D eigenvalue weighted by Gasteiger charge is -2.42. The number of hydrogen-bond acceptors (Lipinski definition) is 3. The number of aliphatic carboxylic acids is 1. The molecule has 1 aliphatic heterocycles. The van der Waals surface area contributed by atoms with E-state index < -0.39 is 22.9 Å². The predicted molar refractivity (Wildman–Crippen MR) is 118 cm³/mol. The molecule has 0 radical (unpaired) electrons. The second kappa shape index (κ2) is 6.33. The summed E-state index contributed by atoms with van der Waals surface area (Å²) in [5.41, 5.74) is 2.27. The summed E-state index contributed by atoms with van der Waals surface area (Å²) >= 11 is 0. The molecule has 1 unspecified atom stereocenters. The molecule has 30 heavy (non-hydrogen) atoms. The summed E-state index contributed by atoms with van der Waals surface area (Å²) in [5, 5.41) is 22.0. The molecule has 0 aromatic heterocycles. The van der Waals surface area contributed by atoms with Crippen LogP contribution in [0, 0.1) is 13.8 Å². The molecule has 0 fully saturated rings. The molecule has 5 nitrogen and oxygen atoms in total. The minimum Gasteiger partial charge on any atom is -0.479 e. The van der Waals surface area contributed by atoms with Crippen LogP contribution in [0.1, 0.15) is 47.8 Å². The Morgan fingerprint density at radius 1 is 0.900 bits per heavy atom. The number of rotatable bonds is 3. The zero-order chi connectivity index (χ0) is 22.0. The number of carbonyl (C=O) groups is 2. The number of hydrogen-bond donors (Lipinski definition) is 2. The van der Waals surface area contributed by atoms with Gasteiger partial charge in [-0.15, -0.1) is 0 Å². The van der Waals surface area contributed by atoms with Crippen LogP contribution in [0.3, 0.4) is 0 Å². The number of carboxylic acid groups (broad SMARTS) is 2. The van der Waals surface area contributed by atoms with E-state index in [0.29, 0.717) is 0 Å². The minimum atomic E-state index is -1.26. The number of benzene rings is 3. The Morgan fingerprint density at radius 3 is 2.07 bits per heavy atom. The van der Waals surface area contributed by atoms with E-state index in [9.17, 15) is 19.8 Å². The molecule has 4 rings (SSSR count). The lowest BCUT2D eigenvalue weighted by molar-refractivity contribution is -0.144. The lowest BCUT2D eigenvalue weighted by Crippen LogP contribution is -2.57. The molecule has 0 aliphatic carbocycles. The molecule has 0 saturated heterocycles. The molecule has 3 aromatic rings. The summed E-state index contributed by atoms with van der Waals surface area (Å²) in [6.45, 7) is 9.38. The van der Waals surface area contributed by atoms with Crippen molar-refractivity contribution in [2.75, 3.05) is 4.90 Å². The highest BCUT2D eigenvalue weighted by molar-refractivity contribution is 6.02. The molecule has 154 valence electrons. The fourth-order valence-electron chi connectivity index (χ4n) is 5.01. The van der Waals surface area contributed by atoms with Crippen LogP contribution in [0.25, 0.3) is 10.8 Å². The minimum absolute atomic E-state index is 0.197. The zero-order valence-electron chi connectivity index (χ0n) is 17.8. The molecule has 0 saturated carbocycles. The summed E-state index contributed by atoms with van der Waals surface area (Å²) in [4.78, 5) is 26.2. The molecule has 2 N–H and O–H groups in total. The number of fused-ring (bicyclic) bond motifs is 3. The smallest absolute Gasteiger partial charge is 0.335 e. The van der Waals surface area contributed by atoms with Crippen molar-refractivity contribution in [1.29, 1.82) is 0 Å². The number of aromatic carboxylic acids is 1. The summed E-state index contributed by atoms with van der Waals surface area (Å²) in [5.74, 6) is -1.92. The van der Waals surface area contributed by atoms with Gasteiger partial charge in [0.1, 0.15) is 5.54 Å². The molecular formula is C25H25NO4. The van der Waals surface area contributed by atoms with Gasteiger partial charge in [-0.25, -0.2) is 9.59 Å². The highest BCUT2D eigenvalue weighted by Gasteiger charge is 2.60. The van der Waals surface area contributed by atoms with E-state index in [-0.39, 0.29) is 5.56 Å². The Kier molecular flexibility index (Phi) is 4.21. The molecule has 0 spiro atoms. The number of aryl methyl sites for hydroxylation is 2. The van der Waals surface area contributed by atoms with Crippen LogP contribution in [0.5, 0.6) is 0 Å². The first-order chi connectivity index (χ1) is 14.0. The third-order valence-corrected chi connectivity index (χ3v) is 6.82. The van der Waals surface area contributed by atoms with Crippen molar-refractivity contribution in [2.45, 2.75) is 45.6 Å². The van der Waals surface area contributed by atoms with Gasteiger partial charge in [-0.1, -0.05) is 44.2 Å². The van der Waals surface area contributed by atoms with Crippen molar-refractivity contribution >= 4 is 34.1 Å². The Balaban J connectivity index is 2.12. The van der Waals surface area contributed by atoms with E-state index in [1.54, 1.807) is 19.1 Å². The Morgan fingerprint density at radius 2 is 1.50 bits per heavy atom. The maximum absolute atomic E-state index is 12.8. The summed E-state index contributed by atoms with van der Waals surface area (Å²) in [6, 6.07) is 15.2. The third-order valence-electron chi connectivity index (χ3n) is 6.82. The van der Waals surface area contributed by atoms with Gasteiger partial charge in [0.05, 0.1) is 5.56 Å². The van der Waals surface area contributed by atoms with E-state index >= 15 is 0 Å². The van der Waals surface area contributed by atoms with Crippen LogP contribution in [0.4, 0.5) is 11.4 Å². The Hall–Kier alpha value is -3.34. The van der Waals surface area contributed by atoms with E-state index in [1.165, 1.54) is 0 Å². The van der Waals surface area contributed by atoms with E-state index in [4.69, 9.17) is 0 Å². The Bertz CT molecular complexity index is 1200. The van der Waals surface area contributed by atoms with Crippen LogP contribution in [-0.4, -0.2) is 27.7 Å². The van der Waals surface area contributed by atoms with Crippen LogP contribution in [0.15, 0.2) is 48.5 Å². The van der Waals surface area contributed by atoms with Crippen molar-refractivity contribution in [3.63, 3.8) is 0 Å². The predicted octanol–water partition coefficient (Wildman–Crippen LogP) is 5.43. The summed E-state index contributed by atoms with van der Waals surface area (Å²) in [7, 11) is 0. The fraction of sp³-hybridized carbons (Fsp3) is 0.280. The quantitative estimate of drug-likeness (QED) is 0.610. The van der Waals surface area contributed by atoms with Gasteiger partial charge < -0.3 is 15.1 Å². The number of carboxylic acids is 2. The molecular weight excluding hydrogens is 378 g/mol. The first-order valence-electron chi connectivity index (χ1n) is 9.92. The molecule has 0 bridgehead atoms. The van der Waals surface area contributed by atoms with Gasteiger partial charge in [-0.3, -0.25) is 0 Å². The Labute approximate surface area is 175 Å². The fourth-order valence-corrected chi connectivity index (χ4v) is 5.01. The van der Waals surface area contributed by atoms with Crippen LogP contribution in [0.2, 0.25) is 0 Å².